The van der Waals surface area contributed by atoms with E-state index in [1.54, 1.807) is 0 Å². The molecule has 0 radical (unpaired) electrons. The minimum Gasteiger partial charge on any atom is -0.234 e. The number of nitrogens with zero attached hydrogens (tertiary/aromatic N) is 3. The molecule has 0 saturated carbocycles. The summed E-state index contributed by atoms with van der Waals surface area (Å²) in [5.74, 6) is 0. The van der Waals surface area contributed by atoms with Gasteiger partial charge in [-0.1, -0.05) is 48.9 Å². The van der Waals surface area contributed by atoms with Crippen molar-refractivity contribution in [2.75, 3.05) is 0 Å². The molecule has 1 aromatic heterocycles. The summed E-state index contributed by atoms with van der Waals surface area (Å²) in [7, 11) is 0. The highest BCUT2D eigenvalue weighted by atomic mass is 127. The van der Waals surface area contributed by atoms with Crippen molar-refractivity contribution < 1.29 is 0 Å². The van der Waals surface area contributed by atoms with Crippen molar-refractivity contribution in [1.29, 1.82) is 0 Å². The van der Waals surface area contributed by atoms with E-state index in [1.807, 2.05) is 10.7 Å². The van der Waals surface area contributed by atoms with Crippen LogP contribution in [0.4, 0.5) is 0 Å². The molecule has 0 fully saturated rings. The minimum absolute atomic E-state index is 0.804. The molecule has 0 aliphatic heterocycles. The predicted molar refractivity (Wildman–Crippen MR) is 76.9 cm³/mol. The molecule has 0 N–H and O–H groups in total. The maximum Gasteiger partial charge on any atom is 0.123 e. The van der Waals surface area contributed by atoms with Gasteiger partial charge in [-0.15, -0.1) is 5.10 Å². The van der Waals surface area contributed by atoms with E-state index in [-0.39, 0.29) is 0 Å². The second-order valence-corrected chi connectivity index (χ2v) is 5.10. The van der Waals surface area contributed by atoms with Gasteiger partial charge < -0.3 is 0 Å². The van der Waals surface area contributed by atoms with Crippen LogP contribution in [-0.2, 0) is 13.0 Å². The van der Waals surface area contributed by atoms with Crippen molar-refractivity contribution in [2.45, 2.75) is 32.7 Å². The highest BCUT2D eigenvalue weighted by Gasteiger charge is 2.09. The van der Waals surface area contributed by atoms with E-state index in [0.717, 1.165) is 18.7 Å². The largest absolute Gasteiger partial charge is 0.234 e. The number of halogens is 1. The fraction of sp³-hybridized carbons (Fsp3) is 0.385. The third-order valence-corrected chi connectivity index (χ3v) is 3.86. The van der Waals surface area contributed by atoms with Gasteiger partial charge in [0.15, 0.2) is 0 Å². The second kappa shape index (κ2) is 6.14. The van der Waals surface area contributed by atoms with Crippen LogP contribution in [0.25, 0.3) is 0 Å². The van der Waals surface area contributed by atoms with Gasteiger partial charge in [-0.25, -0.2) is 4.68 Å². The first-order valence-corrected chi connectivity index (χ1v) is 7.01. The summed E-state index contributed by atoms with van der Waals surface area (Å²) in [5, 5.41) is 8.48. The molecule has 1 aromatic carbocycles. The summed E-state index contributed by atoms with van der Waals surface area (Å²) in [6.45, 7) is 3.00. The second-order valence-electron chi connectivity index (χ2n) is 4.07. The van der Waals surface area contributed by atoms with Crippen LogP contribution in [0.5, 0.6) is 0 Å². The summed E-state index contributed by atoms with van der Waals surface area (Å²) in [4.78, 5) is 0. The quantitative estimate of drug-likeness (QED) is 0.782. The number of aromatic nitrogens is 3. The van der Waals surface area contributed by atoms with Crippen LogP contribution >= 0.6 is 22.6 Å². The molecular weight excluding hydrogens is 325 g/mol. The Morgan fingerprint density at radius 2 is 2.00 bits per heavy atom. The number of hydrogen-bond donors (Lipinski definition) is 0. The molecule has 0 bridgehead atoms. The molecule has 2 aromatic rings. The van der Waals surface area contributed by atoms with Gasteiger partial charge in [0.25, 0.3) is 0 Å². The molecule has 4 heteroatoms. The third-order valence-electron chi connectivity index (χ3n) is 2.68. The van der Waals surface area contributed by atoms with Crippen molar-refractivity contribution >= 4 is 22.6 Å². The molecule has 2 rings (SSSR count). The molecule has 0 unspecified atom stereocenters. The molecule has 17 heavy (non-hydrogen) atoms. The molecule has 0 atom stereocenters. The standard InChI is InChI=1S/C13H16IN3/c1-2-3-9-12-13(14)17(16-15-12)10-11-7-5-4-6-8-11/h4-8H,2-3,9-10H2,1H3. The highest BCUT2D eigenvalue weighted by molar-refractivity contribution is 14.1. The lowest BCUT2D eigenvalue weighted by atomic mass is 10.2. The van der Waals surface area contributed by atoms with E-state index < -0.39 is 0 Å². The monoisotopic (exact) mass is 341 g/mol. The molecule has 1 heterocycles. The average Bonchev–Trinajstić information content (AvgIpc) is 2.70. The first-order chi connectivity index (χ1) is 8.31. The SMILES string of the molecule is CCCCc1nnn(Cc2ccccc2)c1I. The third kappa shape index (κ3) is 3.28. The fourth-order valence-electron chi connectivity index (χ4n) is 1.69. The van der Waals surface area contributed by atoms with Gasteiger partial charge in [0.2, 0.25) is 0 Å². The van der Waals surface area contributed by atoms with Crippen LogP contribution < -0.4 is 0 Å². The Kier molecular flexibility index (Phi) is 4.53. The first kappa shape index (κ1) is 12.5. The average molecular weight is 341 g/mol. The van der Waals surface area contributed by atoms with Crippen LogP contribution in [0.2, 0.25) is 0 Å². The van der Waals surface area contributed by atoms with Crippen molar-refractivity contribution in [2.24, 2.45) is 0 Å². The fourth-order valence-corrected chi connectivity index (χ4v) is 2.34. The zero-order valence-electron chi connectivity index (χ0n) is 9.93. The van der Waals surface area contributed by atoms with Crippen LogP contribution in [-0.4, -0.2) is 15.0 Å². The Morgan fingerprint density at radius 3 is 2.71 bits per heavy atom. The topological polar surface area (TPSA) is 30.7 Å². The maximum atomic E-state index is 4.25. The number of aryl methyl sites for hydroxylation is 1. The Balaban J connectivity index is 2.09. The smallest absolute Gasteiger partial charge is 0.123 e. The summed E-state index contributed by atoms with van der Waals surface area (Å²) in [6.07, 6.45) is 3.41. The lowest BCUT2D eigenvalue weighted by Gasteiger charge is -2.02. The number of unbranched alkanes of at least 4 members (excludes halogenated alkanes) is 1. The van der Waals surface area contributed by atoms with Crippen molar-refractivity contribution in [1.82, 2.24) is 15.0 Å². The van der Waals surface area contributed by atoms with Crippen molar-refractivity contribution in [3.05, 3.63) is 45.3 Å². The molecule has 0 amide bonds. The number of hydrogen-bond acceptors (Lipinski definition) is 2. The highest BCUT2D eigenvalue weighted by Crippen LogP contribution is 2.13. The van der Waals surface area contributed by atoms with Gasteiger partial charge in [0.1, 0.15) is 3.70 Å². The summed E-state index contributed by atoms with van der Waals surface area (Å²) < 4.78 is 3.14. The summed E-state index contributed by atoms with van der Waals surface area (Å²) in [5.41, 5.74) is 2.39. The molecule has 0 saturated heterocycles. The zero-order chi connectivity index (χ0) is 12.1. The Labute approximate surface area is 115 Å². The summed E-state index contributed by atoms with van der Waals surface area (Å²) in [6, 6.07) is 10.4. The van der Waals surface area contributed by atoms with Gasteiger partial charge in [-0.2, -0.15) is 0 Å². The van der Waals surface area contributed by atoms with Crippen LogP contribution in [0.3, 0.4) is 0 Å². The first-order valence-electron chi connectivity index (χ1n) is 5.93. The van der Waals surface area contributed by atoms with Gasteiger partial charge in [0.05, 0.1) is 12.2 Å². The van der Waals surface area contributed by atoms with E-state index in [1.165, 1.54) is 22.1 Å². The zero-order valence-corrected chi connectivity index (χ0v) is 12.1. The number of benzene rings is 1. The molecule has 0 aliphatic carbocycles. The Hall–Kier alpha value is -0.910. The van der Waals surface area contributed by atoms with Gasteiger partial charge >= 0.3 is 0 Å². The van der Waals surface area contributed by atoms with E-state index in [9.17, 15) is 0 Å². The van der Waals surface area contributed by atoms with Crippen LogP contribution in [0.1, 0.15) is 31.0 Å². The van der Waals surface area contributed by atoms with Crippen LogP contribution in [0.15, 0.2) is 30.3 Å². The molecule has 3 nitrogen and oxygen atoms in total. The van der Waals surface area contributed by atoms with Crippen molar-refractivity contribution in [3.63, 3.8) is 0 Å². The Bertz CT molecular complexity index is 465. The van der Waals surface area contributed by atoms with E-state index in [0.29, 0.717) is 0 Å². The van der Waals surface area contributed by atoms with E-state index >= 15 is 0 Å². The molecule has 0 spiro atoms. The van der Waals surface area contributed by atoms with E-state index in [4.69, 9.17) is 0 Å². The normalized spacial score (nSPS) is 10.7. The molecule has 90 valence electrons. The van der Waals surface area contributed by atoms with Gasteiger partial charge in [-0.3, -0.25) is 0 Å². The minimum atomic E-state index is 0.804. The predicted octanol–water partition coefficient (Wildman–Crippen LogP) is 3.27. The van der Waals surface area contributed by atoms with Gasteiger partial charge in [-0.05, 0) is 41.0 Å². The number of rotatable bonds is 5. The molecular formula is C13H16IN3. The Morgan fingerprint density at radius 1 is 1.24 bits per heavy atom. The van der Waals surface area contributed by atoms with Crippen LogP contribution in [0, 0.1) is 3.70 Å². The van der Waals surface area contributed by atoms with E-state index in [2.05, 4.69) is 64.1 Å². The molecule has 0 aliphatic rings. The van der Waals surface area contributed by atoms with Crippen molar-refractivity contribution in [3.8, 4) is 0 Å². The van der Waals surface area contributed by atoms with Gasteiger partial charge in [0, 0.05) is 0 Å². The lowest BCUT2D eigenvalue weighted by molar-refractivity contribution is 0.636. The maximum absolute atomic E-state index is 4.25. The summed E-state index contributed by atoms with van der Waals surface area (Å²) >= 11 is 2.34. The lowest BCUT2D eigenvalue weighted by Crippen LogP contribution is -2.04.